The van der Waals surface area contributed by atoms with E-state index in [1.807, 2.05) is 0 Å². The van der Waals surface area contributed by atoms with Gasteiger partial charge in [0.15, 0.2) is 5.76 Å². The predicted octanol–water partition coefficient (Wildman–Crippen LogP) is 4.49. The van der Waals surface area contributed by atoms with E-state index in [9.17, 15) is 13.6 Å². The van der Waals surface area contributed by atoms with Gasteiger partial charge in [-0.2, -0.15) is 0 Å². The Balaban J connectivity index is 1.80. The van der Waals surface area contributed by atoms with Crippen LogP contribution in [0.2, 0.25) is 0 Å². The molecule has 0 unspecified atom stereocenters. The molecule has 1 aromatic heterocycles. The van der Waals surface area contributed by atoms with Crippen molar-refractivity contribution in [2.75, 3.05) is 12.4 Å². The molecule has 1 amide bonds. The van der Waals surface area contributed by atoms with Gasteiger partial charge in [0, 0.05) is 11.6 Å². The Labute approximate surface area is 136 Å². The number of methoxy groups -OCH3 is 1. The van der Waals surface area contributed by atoms with Gasteiger partial charge in [-0.05, 0) is 48.5 Å². The molecule has 3 rings (SSSR count). The van der Waals surface area contributed by atoms with Crippen LogP contribution in [0, 0.1) is 11.6 Å². The van der Waals surface area contributed by atoms with E-state index in [1.54, 1.807) is 18.2 Å². The van der Waals surface area contributed by atoms with Crippen molar-refractivity contribution < 1.29 is 22.7 Å². The van der Waals surface area contributed by atoms with Crippen molar-refractivity contribution in [2.24, 2.45) is 0 Å². The van der Waals surface area contributed by atoms with Gasteiger partial charge in [-0.25, -0.2) is 8.78 Å². The first-order valence-electron chi connectivity index (χ1n) is 7.07. The van der Waals surface area contributed by atoms with Gasteiger partial charge in [0.2, 0.25) is 0 Å². The Morgan fingerprint density at radius 3 is 2.42 bits per heavy atom. The first-order chi connectivity index (χ1) is 11.6. The summed E-state index contributed by atoms with van der Waals surface area (Å²) in [6, 6.07) is 12.6. The molecule has 0 aliphatic heterocycles. The van der Waals surface area contributed by atoms with Crippen molar-refractivity contribution in [2.45, 2.75) is 0 Å². The summed E-state index contributed by atoms with van der Waals surface area (Å²) in [4.78, 5) is 12.3. The van der Waals surface area contributed by atoms with Crippen LogP contribution in [0.1, 0.15) is 10.6 Å². The summed E-state index contributed by atoms with van der Waals surface area (Å²) in [6.45, 7) is 0. The third-order valence-corrected chi connectivity index (χ3v) is 3.37. The van der Waals surface area contributed by atoms with E-state index in [0.29, 0.717) is 17.0 Å². The fourth-order valence-electron chi connectivity index (χ4n) is 2.18. The van der Waals surface area contributed by atoms with Gasteiger partial charge in [0.1, 0.15) is 23.1 Å². The summed E-state index contributed by atoms with van der Waals surface area (Å²) in [6.07, 6.45) is 0. The van der Waals surface area contributed by atoms with E-state index >= 15 is 0 Å². The van der Waals surface area contributed by atoms with Crippen LogP contribution >= 0.6 is 0 Å². The number of benzene rings is 2. The summed E-state index contributed by atoms with van der Waals surface area (Å²) in [7, 11) is 1.38. The van der Waals surface area contributed by atoms with Crippen LogP contribution in [0.5, 0.6) is 5.75 Å². The summed E-state index contributed by atoms with van der Waals surface area (Å²) in [5.41, 5.74) is 0.971. The van der Waals surface area contributed by atoms with Crippen LogP contribution in [-0.2, 0) is 0 Å². The second-order valence-electron chi connectivity index (χ2n) is 4.97. The molecule has 6 heteroatoms. The average molecular weight is 329 g/mol. The monoisotopic (exact) mass is 329 g/mol. The zero-order chi connectivity index (χ0) is 17.1. The number of amides is 1. The Hall–Kier alpha value is -3.15. The molecular formula is C18H13F2NO3. The van der Waals surface area contributed by atoms with Gasteiger partial charge < -0.3 is 14.5 Å². The van der Waals surface area contributed by atoms with Crippen molar-refractivity contribution in [3.05, 3.63) is 72.0 Å². The van der Waals surface area contributed by atoms with E-state index in [-0.39, 0.29) is 17.3 Å². The predicted molar refractivity (Wildman–Crippen MR) is 85.0 cm³/mol. The zero-order valence-corrected chi connectivity index (χ0v) is 12.7. The molecular weight excluding hydrogens is 316 g/mol. The molecule has 0 atom stereocenters. The highest BCUT2D eigenvalue weighted by molar-refractivity contribution is 6.03. The average Bonchev–Trinajstić information content (AvgIpc) is 3.07. The van der Waals surface area contributed by atoms with Crippen molar-refractivity contribution in [3.63, 3.8) is 0 Å². The van der Waals surface area contributed by atoms with Gasteiger partial charge >= 0.3 is 0 Å². The standard InChI is InChI=1S/C18H13F2NO3/c1-23-17-10-13(20)6-7-14(17)21-18(22)16-9-8-15(24-16)11-2-4-12(19)5-3-11/h2-10H,1H3,(H,21,22). The Kier molecular flexibility index (Phi) is 4.29. The van der Waals surface area contributed by atoms with Crippen LogP contribution in [0.25, 0.3) is 11.3 Å². The van der Waals surface area contributed by atoms with Gasteiger partial charge in [0.25, 0.3) is 5.91 Å². The summed E-state index contributed by atoms with van der Waals surface area (Å²) in [5.74, 6) is -0.623. The van der Waals surface area contributed by atoms with E-state index < -0.39 is 11.7 Å². The zero-order valence-electron chi connectivity index (χ0n) is 12.7. The molecule has 4 nitrogen and oxygen atoms in total. The fraction of sp³-hybridized carbons (Fsp3) is 0.0556. The van der Waals surface area contributed by atoms with Crippen LogP contribution in [0.3, 0.4) is 0 Å². The van der Waals surface area contributed by atoms with Crippen molar-refractivity contribution in [1.29, 1.82) is 0 Å². The minimum absolute atomic E-state index is 0.0701. The topological polar surface area (TPSA) is 51.5 Å². The lowest BCUT2D eigenvalue weighted by Gasteiger charge is -2.09. The number of hydrogen-bond donors (Lipinski definition) is 1. The molecule has 2 aromatic carbocycles. The second kappa shape index (κ2) is 6.54. The molecule has 122 valence electrons. The Bertz CT molecular complexity index is 872. The molecule has 0 saturated heterocycles. The molecule has 0 aliphatic carbocycles. The Morgan fingerprint density at radius 2 is 1.71 bits per heavy atom. The Morgan fingerprint density at radius 1 is 1.00 bits per heavy atom. The second-order valence-corrected chi connectivity index (χ2v) is 4.97. The maximum atomic E-state index is 13.2. The van der Waals surface area contributed by atoms with Crippen molar-refractivity contribution in [3.8, 4) is 17.1 Å². The molecule has 0 spiro atoms. The molecule has 0 fully saturated rings. The molecule has 0 radical (unpaired) electrons. The van der Waals surface area contributed by atoms with Gasteiger partial charge in [-0.1, -0.05) is 0 Å². The molecule has 0 saturated carbocycles. The number of furan rings is 1. The number of nitrogens with one attached hydrogen (secondary N) is 1. The van der Waals surface area contributed by atoms with Crippen molar-refractivity contribution in [1.82, 2.24) is 0 Å². The lowest BCUT2D eigenvalue weighted by atomic mass is 10.2. The maximum absolute atomic E-state index is 13.2. The fourth-order valence-corrected chi connectivity index (χ4v) is 2.18. The molecule has 0 aliphatic rings. The number of halogens is 2. The van der Waals surface area contributed by atoms with E-state index in [2.05, 4.69) is 5.32 Å². The van der Waals surface area contributed by atoms with Crippen LogP contribution < -0.4 is 10.1 Å². The number of carbonyl (C=O) groups excluding carboxylic acids is 1. The molecule has 1 heterocycles. The number of ether oxygens (including phenoxy) is 1. The van der Waals surface area contributed by atoms with Gasteiger partial charge in [0.05, 0.1) is 12.8 Å². The summed E-state index contributed by atoms with van der Waals surface area (Å²) < 4.78 is 36.6. The minimum atomic E-state index is -0.506. The number of carbonyl (C=O) groups is 1. The van der Waals surface area contributed by atoms with Gasteiger partial charge in [-0.15, -0.1) is 0 Å². The summed E-state index contributed by atoms with van der Waals surface area (Å²) in [5, 5.41) is 2.59. The first kappa shape index (κ1) is 15.7. The third-order valence-electron chi connectivity index (χ3n) is 3.37. The normalized spacial score (nSPS) is 10.5. The molecule has 3 aromatic rings. The highest BCUT2D eigenvalue weighted by Gasteiger charge is 2.15. The van der Waals surface area contributed by atoms with Crippen molar-refractivity contribution >= 4 is 11.6 Å². The summed E-state index contributed by atoms with van der Waals surface area (Å²) >= 11 is 0. The number of hydrogen-bond acceptors (Lipinski definition) is 3. The van der Waals surface area contributed by atoms with E-state index in [4.69, 9.17) is 9.15 Å². The third kappa shape index (κ3) is 3.27. The SMILES string of the molecule is COc1cc(F)ccc1NC(=O)c1ccc(-c2ccc(F)cc2)o1. The van der Waals surface area contributed by atoms with Crippen LogP contribution in [0.15, 0.2) is 59.0 Å². The van der Waals surface area contributed by atoms with E-state index in [1.165, 1.54) is 43.5 Å². The first-order valence-corrected chi connectivity index (χ1v) is 7.07. The van der Waals surface area contributed by atoms with E-state index in [0.717, 1.165) is 0 Å². The smallest absolute Gasteiger partial charge is 0.291 e. The lowest BCUT2D eigenvalue weighted by Crippen LogP contribution is -2.11. The molecule has 0 bridgehead atoms. The number of rotatable bonds is 4. The van der Waals surface area contributed by atoms with Crippen LogP contribution in [-0.4, -0.2) is 13.0 Å². The largest absolute Gasteiger partial charge is 0.494 e. The number of anilines is 1. The minimum Gasteiger partial charge on any atom is -0.494 e. The van der Waals surface area contributed by atoms with Gasteiger partial charge in [-0.3, -0.25) is 4.79 Å². The molecule has 24 heavy (non-hydrogen) atoms. The quantitative estimate of drug-likeness (QED) is 0.767. The van der Waals surface area contributed by atoms with Crippen LogP contribution in [0.4, 0.5) is 14.5 Å². The lowest BCUT2D eigenvalue weighted by molar-refractivity contribution is 0.0997. The highest BCUT2D eigenvalue weighted by Crippen LogP contribution is 2.27. The highest BCUT2D eigenvalue weighted by atomic mass is 19.1. The maximum Gasteiger partial charge on any atom is 0.291 e. The molecule has 1 N–H and O–H groups in total.